The number of benzene rings is 1. The van der Waals surface area contributed by atoms with Crippen LogP contribution in [0.25, 0.3) is 0 Å². The molecule has 2 nitrogen and oxygen atoms in total. The summed E-state index contributed by atoms with van der Waals surface area (Å²) in [4.78, 5) is 5.41. The lowest BCUT2D eigenvalue weighted by molar-refractivity contribution is -0.0757. The van der Waals surface area contributed by atoms with Gasteiger partial charge in [0, 0.05) is 6.54 Å². The zero-order valence-corrected chi connectivity index (χ0v) is 9.42. The van der Waals surface area contributed by atoms with Crippen LogP contribution >= 0.6 is 0 Å². The van der Waals surface area contributed by atoms with Gasteiger partial charge in [0.25, 0.3) is 0 Å². The van der Waals surface area contributed by atoms with Crippen LogP contribution < -0.4 is 5.48 Å². The minimum atomic E-state index is -0.134. The molecule has 0 heterocycles. The summed E-state index contributed by atoms with van der Waals surface area (Å²) in [6, 6.07) is 8.42. The molecule has 1 aromatic carbocycles. The first-order chi connectivity index (χ1) is 6.47. The molecule has 0 bridgehead atoms. The van der Waals surface area contributed by atoms with E-state index in [2.05, 4.69) is 36.7 Å². The zero-order chi connectivity index (χ0) is 10.6. The van der Waals surface area contributed by atoms with Crippen molar-refractivity contribution >= 4 is 0 Å². The van der Waals surface area contributed by atoms with Crippen LogP contribution in [0.15, 0.2) is 24.3 Å². The van der Waals surface area contributed by atoms with Crippen molar-refractivity contribution in [1.29, 1.82) is 0 Å². The quantitative estimate of drug-likeness (QED) is 0.745. The SMILES string of the molecule is Cc1ccc(CNOC(C)(C)C)cc1. The normalized spacial score (nSPS) is 11.7. The highest BCUT2D eigenvalue weighted by Crippen LogP contribution is 2.06. The van der Waals surface area contributed by atoms with Crippen molar-refractivity contribution < 1.29 is 4.84 Å². The largest absolute Gasteiger partial charge is 0.296 e. The third-order valence-electron chi connectivity index (χ3n) is 1.78. The van der Waals surface area contributed by atoms with Gasteiger partial charge in [-0.2, -0.15) is 5.48 Å². The van der Waals surface area contributed by atoms with Crippen LogP contribution in [0.3, 0.4) is 0 Å². The maximum Gasteiger partial charge on any atom is 0.0813 e. The molecule has 0 aliphatic carbocycles. The summed E-state index contributed by atoms with van der Waals surface area (Å²) in [7, 11) is 0. The Morgan fingerprint density at radius 1 is 1.14 bits per heavy atom. The topological polar surface area (TPSA) is 21.3 Å². The second kappa shape index (κ2) is 4.58. The molecule has 78 valence electrons. The van der Waals surface area contributed by atoms with Crippen LogP contribution in [0.4, 0.5) is 0 Å². The Bertz CT molecular complexity index is 271. The molecule has 1 rings (SSSR count). The molecule has 0 saturated carbocycles. The van der Waals surface area contributed by atoms with Crippen molar-refractivity contribution in [2.45, 2.75) is 39.8 Å². The molecular formula is C12H19NO. The van der Waals surface area contributed by atoms with Crippen molar-refractivity contribution in [3.63, 3.8) is 0 Å². The predicted octanol–water partition coefficient (Wildman–Crippen LogP) is 2.81. The Morgan fingerprint density at radius 3 is 2.21 bits per heavy atom. The van der Waals surface area contributed by atoms with Crippen LogP contribution in [-0.4, -0.2) is 5.60 Å². The molecule has 0 unspecified atom stereocenters. The minimum Gasteiger partial charge on any atom is -0.296 e. The van der Waals surface area contributed by atoms with Crippen LogP contribution in [0.2, 0.25) is 0 Å². The Hall–Kier alpha value is -0.860. The summed E-state index contributed by atoms with van der Waals surface area (Å²) in [5.41, 5.74) is 5.35. The lowest BCUT2D eigenvalue weighted by Gasteiger charge is -2.19. The van der Waals surface area contributed by atoms with Gasteiger partial charge in [0.05, 0.1) is 5.60 Å². The Morgan fingerprint density at radius 2 is 1.71 bits per heavy atom. The van der Waals surface area contributed by atoms with Gasteiger partial charge in [0.15, 0.2) is 0 Å². The highest BCUT2D eigenvalue weighted by atomic mass is 16.7. The van der Waals surface area contributed by atoms with Gasteiger partial charge in [0.1, 0.15) is 0 Å². The molecule has 1 N–H and O–H groups in total. The Kier molecular flexibility index (Phi) is 3.67. The monoisotopic (exact) mass is 193 g/mol. The van der Waals surface area contributed by atoms with Gasteiger partial charge in [-0.05, 0) is 33.3 Å². The fourth-order valence-corrected chi connectivity index (χ4v) is 1.04. The second-order valence-electron chi connectivity index (χ2n) is 4.52. The number of hydrogen-bond acceptors (Lipinski definition) is 2. The van der Waals surface area contributed by atoms with E-state index < -0.39 is 0 Å². The molecule has 0 spiro atoms. The average molecular weight is 193 g/mol. The van der Waals surface area contributed by atoms with Gasteiger partial charge < -0.3 is 0 Å². The first kappa shape index (κ1) is 11.2. The molecule has 2 heteroatoms. The molecule has 0 aliphatic heterocycles. The molecular weight excluding hydrogens is 174 g/mol. The van der Waals surface area contributed by atoms with Gasteiger partial charge in [0.2, 0.25) is 0 Å². The van der Waals surface area contributed by atoms with E-state index >= 15 is 0 Å². The third-order valence-corrected chi connectivity index (χ3v) is 1.78. The second-order valence-corrected chi connectivity index (χ2v) is 4.52. The van der Waals surface area contributed by atoms with Crippen molar-refractivity contribution in [3.8, 4) is 0 Å². The first-order valence-corrected chi connectivity index (χ1v) is 4.94. The minimum absolute atomic E-state index is 0.134. The van der Waals surface area contributed by atoms with Gasteiger partial charge in [-0.25, -0.2) is 0 Å². The van der Waals surface area contributed by atoms with Crippen molar-refractivity contribution in [2.75, 3.05) is 0 Å². The molecule has 0 fully saturated rings. The van der Waals surface area contributed by atoms with E-state index in [1.165, 1.54) is 11.1 Å². The van der Waals surface area contributed by atoms with E-state index in [0.717, 1.165) is 6.54 Å². The van der Waals surface area contributed by atoms with Gasteiger partial charge in [-0.1, -0.05) is 29.8 Å². The molecule has 0 aliphatic rings. The Labute approximate surface area is 86.2 Å². The predicted molar refractivity (Wildman–Crippen MR) is 58.9 cm³/mol. The lowest BCUT2D eigenvalue weighted by atomic mass is 10.1. The van der Waals surface area contributed by atoms with E-state index in [4.69, 9.17) is 4.84 Å². The molecule has 0 amide bonds. The third kappa shape index (κ3) is 4.40. The number of rotatable bonds is 3. The summed E-state index contributed by atoms with van der Waals surface area (Å²) in [6.07, 6.45) is 0. The van der Waals surface area contributed by atoms with E-state index in [1.54, 1.807) is 0 Å². The van der Waals surface area contributed by atoms with E-state index in [-0.39, 0.29) is 5.60 Å². The molecule has 0 saturated heterocycles. The zero-order valence-electron chi connectivity index (χ0n) is 9.42. The number of hydroxylamine groups is 1. The molecule has 0 aromatic heterocycles. The van der Waals surface area contributed by atoms with Crippen LogP contribution in [0.1, 0.15) is 31.9 Å². The average Bonchev–Trinajstić information content (AvgIpc) is 2.06. The van der Waals surface area contributed by atoms with Gasteiger partial charge in [-0.3, -0.25) is 4.84 Å². The van der Waals surface area contributed by atoms with Crippen LogP contribution in [-0.2, 0) is 11.4 Å². The van der Waals surface area contributed by atoms with Crippen molar-refractivity contribution in [2.24, 2.45) is 0 Å². The molecule has 0 atom stereocenters. The molecule has 0 radical (unpaired) electrons. The summed E-state index contributed by atoms with van der Waals surface area (Å²) >= 11 is 0. The summed E-state index contributed by atoms with van der Waals surface area (Å²) in [6.45, 7) is 8.90. The maximum atomic E-state index is 5.41. The Balaban J connectivity index is 2.35. The lowest BCUT2D eigenvalue weighted by Crippen LogP contribution is -2.28. The summed E-state index contributed by atoms with van der Waals surface area (Å²) in [5, 5.41) is 0. The van der Waals surface area contributed by atoms with E-state index in [0.29, 0.717) is 0 Å². The van der Waals surface area contributed by atoms with Crippen LogP contribution in [0, 0.1) is 6.92 Å². The first-order valence-electron chi connectivity index (χ1n) is 4.94. The summed E-state index contributed by atoms with van der Waals surface area (Å²) < 4.78 is 0. The van der Waals surface area contributed by atoms with Crippen LogP contribution in [0.5, 0.6) is 0 Å². The van der Waals surface area contributed by atoms with E-state index in [9.17, 15) is 0 Å². The van der Waals surface area contributed by atoms with Crippen molar-refractivity contribution in [3.05, 3.63) is 35.4 Å². The molecule has 1 aromatic rings. The van der Waals surface area contributed by atoms with Gasteiger partial charge >= 0.3 is 0 Å². The number of aryl methyl sites for hydroxylation is 1. The fraction of sp³-hybridized carbons (Fsp3) is 0.500. The highest BCUT2D eigenvalue weighted by molar-refractivity contribution is 5.20. The summed E-state index contributed by atoms with van der Waals surface area (Å²) in [5.74, 6) is 0. The van der Waals surface area contributed by atoms with E-state index in [1.807, 2.05) is 20.8 Å². The van der Waals surface area contributed by atoms with Crippen molar-refractivity contribution in [1.82, 2.24) is 5.48 Å². The number of hydrogen-bond donors (Lipinski definition) is 1. The number of nitrogens with one attached hydrogen (secondary N) is 1. The standard InChI is InChI=1S/C12H19NO/c1-10-5-7-11(8-6-10)9-13-14-12(2,3)4/h5-8,13H,9H2,1-4H3. The smallest absolute Gasteiger partial charge is 0.0813 e. The highest BCUT2D eigenvalue weighted by Gasteiger charge is 2.09. The maximum absolute atomic E-state index is 5.41. The van der Waals surface area contributed by atoms with Gasteiger partial charge in [-0.15, -0.1) is 0 Å². The molecule has 14 heavy (non-hydrogen) atoms. The fourth-order valence-electron chi connectivity index (χ4n) is 1.04.